The number of aryl methyl sites for hydroxylation is 1. The normalized spacial score (nSPS) is 10.6. The zero-order valence-corrected chi connectivity index (χ0v) is 15.3. The van der Waals surface area contributed by atoms with E-state index in [2.05, 4.69) is 5.32 Å². The number of halogens is 1. The Morgan fingerprint density at radius 2 is 1.64 bits per heavy atom. The molecular weight excluding hydrogens is 342 g/mol. The highest BCUT2D eigenvalue weighted by molar-refractivity contribution is 6.30. The first-order valence-corrected chi connectivity index (χ1v) is 7.91. The molecular formula is C19H20ClNO4. The number of anilines is 1. The molecule has 2 aromatic carbocycles. The van der Waals surface area contributed by atoms with Gasteiger partial charge in [-0.2, -0.15) is 0 Å². The molecule has 5 nitrogen and oxygen atoms in total. The number of carbonyl (C=O) groups excluding carboxylic acids is 1. The van der Waals surface area contributed by atoms with Crippen LogP contribution in [0, 0.1) is 6.92 Å². The summed E-state index contributed by atoms with van der Waals surface area (Å²) in [6.07, 6.45) is 3.08. The van der Waals surface area contributed by atoms with E-state index >= 15 is 0 Å². The molecule has 0 aliphatic rings. The molecule has 1 amide bonds. The smallest absolute Gasteiger partial charge is 0.248 e. The van der Waals surface area contributed by atoms with Crippen LogP contribution in [0.15, 0.2) is 36.4 Å². The molecule has 0 atom stereocenters. The Morgan fingerprint density at radius 3 is 2.24 bits per heavy atom. The predicted octanol–water partition coefficient (Wildman–Crippen LogP) is 4.33. The van der Waals surface area contributed by atoms with Crippen LogP contribution >= 0.6 is 11.6 Å². The van der Waals surface area contributed by atoms with Crippen molar-refractivity contribution in [3.8, 4) is 17.2 Å². The number of benzene rings is 2. The first-order valence-electron chi connectivity index (χ1n) is 7.53. The summed E-state index contributed by atoms with van der Waals surface area (Å²) in [6.45, 7) is 1.88. The summed E-state index contributed by atoms with van der Waals surface area (Å²) in [4.78, 5) is 12.2. The van der Waals surface area contributed by atoms with E-state index in [4.69, 9.17) is 25.8 Å². The Bertz CT molecular complexity index is 802. The minimum atomic E-state index is -0.262. The average molecular weight is 362 g/mol. The second-order valence-corrected chi connectivity index (χ2v) is 5.67. The summed E-state index contributed by atoms with van der Waals surface area (Å²) in [6, 6.07) is 8.73. The fourth-order valence-corrected chi connectivity index (χ4v) is 2.52. The highest BCUT2D eigenvalue weighted by atomic mass is 35.5. The van der Waals surface area contributed by atoms with Crippen molar-refractivity contribution in [2.45, 2.75) is 6.92 Å². The number of hydrogen-bond acceptors (Lipinski definition) is 4. The molecule has 1 N–H and O–H groups in total. The lowest BCUT2D eigenvalue weighted by molar-refractivity contribution is -0.111. The first-order chi connectivity index (χ1) is 12.0. The standard InChI is InChI=1S/C19H20ClNO4/c1-12-9-14(20)6-7-15(12)21-19(22)8-5-13-10-17(24-3)18(25-4)11-16(13)23-2/h5-11H,1-4H3,(H,21,22)/b8-5+. The first kappa shape index (κ1) is 18.7. The Kier molecular flexibility index (Phi) is 6.31. The van der Waals surface area contributed by atoms with Gasteiger partial charge in [-0.3, -0.25) is 4.79 Å². The predicted molar refractivity (Wildman–Crippen MR) is 100.0 cm³/mol. The number of carbonyl (C=O) groups is 1. The SMILES string of the molecule is COc1cc(OC)c(OC)cc1/C=C/C(=O)Nc1ccc(Cl)cc1C. The van der Waals surface area contributed by atoms with E-state index in [0.717, 1.165) is 5.56 Å². The van der Waals surface area contributed by atoms with Crippen molar-refractivity contribution in [1.82, 2.24) is 0 Å². The van der Waals surface area contributed by atoms with Crippen molar-refractivity contribution >= 4 is 29.3 Å². The van der Waals surface area contributed by atoms with Crippen molar-refractivity contribution in [2.75, 3.05) is 26.6 Å². The molecule has 0 aromatic heterocycles. The lowest BCUT2D eigenvalue weighted by Crippen LogP contribution is -2.08. The summed E-state index contributed by atoms with van der Waals surface area (Å²) in [7, 11) is 4.65. The van der Waals surface area contributed by atoms with Gasteiger partial charge in [0.2, 0.25) is 5.91 Å². The molecule has 0 aliphatic carbocycles. The molecule has 0 saturated heterocycles. The lowest BCUT2D eigenvalue weighted by Gasteiger charge is -2.12. The van der Waals surface area contributed by atoms with Gasteiger partial charge in [0, 0.05) is 28.4 Å². The third-order valence-electron chi connectivity index (χ3n) is 3.60. The van der Waals surface area contributed by atoms with E-state index in [9.17, 15) is 4.79 Å². The van der Waals surface area contributed by atoms with Gasteiger partial charge in [-0.15, -0.1) is 0 Å². The van der Waals surface area contributed by atoms with Crippen LogP contribution in [0.2, 0.25) is 5.02 Å². The lowest BCUT2D eigenvalue weighted by atomic mass is 10.1. The van der Waals surface area contributed by atoms with E-state index in [1.165, 1.54) is 6.08 Å². The molecule has 132 valence electrons. The number of methoxy groups -OCH3 is 3. The summed E-state index contributed by atoms with van der Waals surface area (Å²) in [5, 5.41) is 3.44. The van der Waals surface area contributed by atoms with Crippen LogP contribution in [0.25, 0.3) is 6.08 Å². The minimum absolute atomic E-state index is 0.262. The summed E-state index contributed by atoms with van der Waals surface area (Å²) in [5.74, 6) is 1.42. The molecule has 0 unspecified atom stereocenters. The number of hydrogen-bond donors (Lipinski definition) is 1. The maximum absolute atomic E-state index is 12.2. The van der Waals surface area contributed by atoms with Crippen molar-refractivity contribution < 1.29 is 19.0 Å². The van der Waals surface area contributed by atoms with Gasteiger partial charge < -0.3 is 19.5 Å². The highest BCUT2D eigenvalue weighted by Gasteiger charge is 2.10. The van der Waals surface area contributed by atoms with Crippen molar-refractivity contribution in [3.05, 3.63) is 52.6 Å². The van der Waals surface area contributed by atoms with Gasteiger partial charge in [0.1, 0.15) is 5.75 Å². The van der Waals surface area contributed by atoms with Crippen molar-refractivity contribution in [1.29, 1.82) is 0 Å². The average Bonchev–Trinajstić information content (AvgIpc) is 2.61. The van der Waals surface area contributed by atoms with Crippen LogP contribution in [0.3, 0.4) is 0 Å². The second kappa shape index (κ2) is 8.44. The van der Waals surface area contributed by atoms with Crippen LogP contribution in [-0.2, 0) is 4.79 Å². The topological polar surface area (TPSA) is 56.8 Å². The molecule has 25 heavy (non-hydrogen) atoms. The van der Waals surface area contributed by atoms with Crippen LogP contribution in [0.1, 0.15) is 11.1 Å². The number of rotatable bonds is 6. The third kappa shape index (κ3) is 4.67. The number of nitrogens with one attached hydrogen (secondary N) is 1. The summed E-state index contributed by atoms with van der Waals surface area (Å²) >= 11 is 5.92. The van der Waals surface area contributed by atoms with E-state index in [1.807, 2.05) is 6.92 Å². The Balaban J connectivity index is 2.21. The monoisotopic (exact) mass is 361 g/mol. The van der Waals surface area contributed by atoms with Gasteiger partial charge in [-0.25, -0.2) is 0 Å². The van der Waals surface area contributed by atoms with Gasteiger partial charge in [0.25, 0.3) is 0 Å². The summed E-state index contributed by atoms with van der Waals surface area (Å²) < 4.78 is 15.9. The highest BCUT2D eigenvalue weighted by Crippen LogP contribution is 2.35. The number of ether oxygens (including phenoxy) is 3. The molecule has 0 aliphatic heterocycles. The Morgan fingerprint density at radius 1 is 1.00 bits per heavy atom. The molecule has 0 spiro atoms. The van der Waals surface area contributed by atoms with Gasteiger partial charge >= 0.3 is 0 Å². The third-order valence-corrected chi connectivity index (χ3v) is 3.83. The molecule has 0 radical (unpaired) electrons. The van der Waals surface area contributed by atoms with Gasteiger partial charge in [0.05, 0.1) is 21.3 Å². The van der Waals surface area contributed by atoms with E-state index in [0.29, 0.717) is 33.5 Å². The second-order valence-electron chi connectivity index (χ2n) is 5.23. The molecule has 2 rings (SSSR count). The number of amides is 1. The van der Waals surface area contributed by atoms with Crippen LogP contribution < -0.4 is 19.5 Å². The Labute approximate surface area is 152 Å². The Hall–Kier alpha value is -2.66. The van der Waals surface area contributed by atoms with Gasteiger partial charge in [-0.1, -0.05) is 11.6 Å². The fraction of sp³-hybridized carbons (Fsp3) is 0.211. The molecule has 6 heteroatoms. The van der Waals surface area contributed by atoms with Crippen LogP contribution in [0.5, 0.6) is 17.2 Å². The summed E-state index contributed by atoms with van der Waals surface area (Å²) in [5.41, 5.74) is 2.29. The zero-order chi connectivity index (χ0) is 18.4. The quantitative estimate of drug-likeness (QED) is 0.778. The van der Waals surface area contributed by atoms with Crippen LogP contribution in [0.4, 0.5) is 5.69 Å². The van der Waals surface area contributed by atoms with Crippen molar-refractivity contribution in [2.24, 2.45) is 0 Å². The molecule has 2 aromatic rings. The minimum Gasteiger partial charge on any atom is -0.496 e. The fourth-order valence-electron chi connectivity index (χ4n) is 2.29. The van der Waals surface area contributed by atoms with Crippen LogP contribution in [-0.4, -0.2) is 27.2 Å². The largest absolute Gasteiger partial charge is 0.496 e. The molecule has 0 saturated carbocycles. The molecule has 0 fully saturated rings. The van der Waals surface area contributed by atoms with E-state index in [1.54, 1.807) is 57.7 Å². The zero-order valence-electron chi connectivity index (χ0n) is 14.6. The van der Waals surface area contributed by atoms with E-state index in [-0.39, 0.29) is 5.91 Å². The van der Waals surface area contributed by atoms with Crippen molar-refractivity contribution in [3.63, 3.8) is 0 Å². The van der Waals surface area contributed by atoms with Gasteiger partial charge in [0.15, 0.2) is 11.5 Å². The molecule has 0 bridgehead atoms. The molecule has 0 heterocycles. The maximum Gasteiger partial charge on any atom is 0.248 e. The van der Waals surface area contributed by atoms with Gasteiger partial charge in [-0.05, 0) is 42.8 Å². The maximum atomic E-state index is 12.2. The van der Waals surface area contributed by atoms with E-state index < -0.39 is 0 Å².